The Kier molecular flexibility index (Phi) is 5.36. The number of halogens is 2. The topological polar surface area (TPSA) is 80.9 Å². The van der Waals surface area contributed by atoms with E-state index in [0.29, 0.717) is 28.0 Å². The Morgan fingerprint density at radius 1 is 1.23 bits per heavy atom. The van der Waals surface area contributed by atoms with Crippen molar-refractivity contribution in [3.05, 3.63) is 72.1 Å². The molecule has 0 unspecified atom stereocenters. The normalized spacial score (nSPS) is 11.4. The molecule has 3 aromatic rings. The molecule has 0 spiro atoms. The fourth-order valence-electron chi connectivity index (χ4n) is 2.27. The molecule has 0 fully saturated rings. The quantitative estimate of drug-likeness (QED) is 0.529. The van der Waals surface area contributed by atoms with Crippen LogP contribution in [0, 0.1) is 18.6 Å². The van der Waals surface area contributed by atoms with E-state index in [9.17, 15) is 4.79 Å². The van der Waals surface area contributed by atoms with Gasteiger partial charge in [-0.25, -0.2) is 4.68 Å². The zero-order valence-electron chi connectivity index (χ0n) is 13.9. The van der Waals surface area contributed by atoms with E-state index in [4.69, 9.17) is 35.4 Å². The van der Waals surface area contributed by atoms with Gasteiger partial charge in [-0.2, -0.15) is 20.0 Å². The van der Waals surface area contributed by atoms with Gasteiger partial charge >= 0.3 is 0 Å². The minimum Gasteiger partial charge on any atom is -0.265 e. The Hall–Kier alpha value is -2.29. The zero-order chi connectivity index (χ0) is 18.8. The van der Waals surface area contributed by atoms with Crippen molar-refractivity contribution in [1.82, 2.24) is 24.7 Å². The highest BCUT2D eigenvalue weighted by Gasteiger charge is 2.12. The molecule has 1 N–H and O–H groups in total. The van der Waals surface area contributed by atoms with Crippen LogP contribution in [0.5, 0.6) is 0 Å². The molecule has 0 aliphatic heterocycles. The maximum Gasteiger partial charge on any atom is 0.296 e. The molecule has 7 nitrogen and oxygen atoms in total. The Morgan fingerprint density at radius 2 is 1.92 bits per heavy atom. The Morgan fingerprint density at radius 3 is 2.62 bits per heavy atom. The van der Waals surface area contributed by atoms with Crippen LogP contribution in [0.3, 0.4) is 0 Å². The number of aromatic nitrogens is 5. The summed E-state index contributed by atoms with van der Waals surface area (Å²) in [6.07, 6.45) is 1.47. The smallest absolute Gasteiger partial charge is 0.265 e. The minimum absolute atomic E-state index is 0.0965. The molecule has 1 aromatic carbocycles. The number of nitrogens with one attached hydrogen (secondary N) is 1. The Balaban J connectivity index is 1.94. The fourth-order valence-corrected chi connectivity index (χ4v) is 2.86. The van der Waals surface area contributed by atoms with E-state index in [-0.39, 0.29) is 10.5 Å². The van der Waals surface area contributed by atoms with Gasteiger partial charge in [0.25, 0.3) is 5.56 Å². The number of aryl methyl sites for hydroxylation is 2. The van der Waals surface area contributed by atoms with E-state index < -0.39 is 5.56 Å². The lowest BCUT2D eigenvalue weighted by Gasteiger charge is -2.03. The first-order chi connectivity index (χ1) is 12.4. The molecule has 134 valence electrons. The predicted molar refractivity (Wildman–Crippen MR) is 104 cm³/mol. The summed E-state index contributed by atoms with van der Waals surface area (Å²) < 4.78 is 2.81. The van der Waals surface area contributed by atoms with Crippen molar-refractivity contribution in [2.24, 2.45) is 5.10 Å². The molecule has 0 aliphatic carbocycles. The van der Waals surface area contributed by atoms with E-state index in [1.807, 2.05) is 31.2 Å². The summed E-state index contributed by atoms with van der Waals surface area (Å²) in [6.45, 7) is 3.87. The van der Waals surface area contributed by atoms with Crippen LogP contribution in [0.2, 0.25) is 10.2 Å². The highest BCUT2D eigenvalue weighted by molar-refractivity contribution is 7.71. The van der Waals surface area contributed by atoms with Gasteiger partial charge < -0.3 is 0 Å². The van der Waals surface area contributed by atoms with Crippen molar-refractivity contribution in [3.63, 3.8) is 0 Å². The molecular formula is C16H14Cl2N6OS. The molecule has 0 amide bonds. The number of rotatable bonds is 4. The van der Waals surface area contributed by atoms with Gasteiger partial charge in [0.05, 0.1) is 24.0 Å². The second kappa shape index (κ2) is 7.53. The summed E-state index contributed by atoms with van der Waals surface area (Å²) in [4.78, 5) is 12.1. The molecule has 2 heterocycles. The van der Waals surface area contributed by atoms with E-state index >= 15 is 0 Å². The summed E-state index contributed by atoms with van der Waals surface area (Å²) in [7, 11) is 0. The lowest BCUT2D eigenvalue weighted by Crippen LogP contribution is -2.22. The number of H-pyrrole nitrogens is 1. The van der Waals surface area contributed by atoms with Crippen molar-refractivity contribution in [2.75, 3.05) is 0 Å². The third-order valence-electron chi connectivity index (χ3n) is 3.67. The average Bonchev–Trinajstić information content (AvgIpc) is 2.87. The molecule has 2 aromatic heterocycles. The lowest BCUT2D eigenvalue weighted by molar-refractivity contribution is 0.680. The van der Waals surface area contributed by atoms with Gasteiger partial charge in [-0.05, 0) is 43.8 Å². The first-order valence-corrected chi connectivity index (χ1v) is 8.73. The number of aromatic amines is 1. The van der Waals surface area contributed by atoms with Gasteiger partial charge in [-0.3, -0.25) is 9.89 Å². The van der Waals surface area contributed by atoms with E-state index in [1.165, 1.54) is 6.21 Å². The van der Waals surface area contributed by atoms with Crippen LogP contribution in [0.4, 0.5) is 0 Å². The van der Waals surface area contributed by atoms with Crippen molar-refractivity contribution >= 4 is 41.6 Å². The number of hydrogen-bond acceptors (Lipinski definition) is 5. The lowest BCUT2D eigenvalue weighted by atomic mass is 10.2. The van der Waals surface area contributed by atoms with Crippen LogP contribution in [0.1, 0.15) is 22.5 Å². The van der Waals surface area contributed by atoms with E-state index in [1.54, 1.807) is 11.6 Å². The average molecular weight is 409 g/mol. The summed E-state index contributed by atoms with van der Waals surface area (Å²) in [5, 5.41) is 16.0. The van der Waals surface area contributed by atoms with Crippen LogP contribution < -0.4 is 5.56 Å². The van der Waals surface area contributed by atoms with E-state index in [0.717, 1.165) is 10.2 Å². The summed E-state index contributed by atoms with van der Waals surface area (Å²) >= 11 is 17.4. The molecule has 0 radical (unpaired) electrons. The third kappa shape index (κ3) is 3.77. The van der Waals surface area contributed by atoms with Gasteiger partial charge in [0.2, 0.25) is 4.77 Å². The first kappa shape index (κ1) is 18.5. The van der Waals surface area contributed by atoms with Crippen LogP contribution in [-0.2, 0) is 6.54 Å². The number of hydrogen-bond donors (Lipinski definition) is 1. The fraction of sp³-hybridized carbons (Fsp3) is 0.188. The maximum atomic E-state index is 12.1. The number of benzene rings is 1. The summed E-state index contributed by atoms with van der Waals surface area (Å²) in [5.74, 6) is 0. The SMILES string of the molecule is Cc1nn(Cc2ccc(Cl)cc2)c(Cl)c1C=Nn1c(=S)[nH]nc(C)c1=O. The predicted octanol–water partition coefficient (Wildman–Crippen LogP) is 3.35. The van der Waals surface area contributed by atoms with Crippen LogP contribution in [0.25, 0.3) is 0 Å². The molecule has 0 saturated heterocycles. The van der Waals surface area contributed by atoms with Crippen LogP contribution in [-0.4, -0.2) is 30.9 Å². The highest BCUT2D eigenvalue weighted by atomic mass is 35.5. The molecule has 0 bridgehead atoms. The van der Waals surface area contributed by atoms with Crippen molar-refractivity contribution < 1.29 is 0 Å². The number of nitrogens with zero attached hydrogens (tertiary/aromatic N) is 5. The third-order valence-corrected chi connectivity index (χ3v) is 4.59. The Bertz CT molecular complexity index is 1100. The van der Waals surface area contributed by atoms with Gasteiger partial charge in [0.1, 0.15) is 10.8 Å². The van der Waals surface area contributed by atoms with Gasteiger partial charge in [-0.15, -0.1) is 0 Å². The summed E-state index contributed by atoms with van der Waals surface area (Å²) in [5.41, 5.74) is 2.16. The van der Waals surface area contributed by atoms with Crippen molar-refractivity contribution in [2.45, 2.75) is 20.4 Å². The highest BCUT2D eigenvalue weighted by Crippen LogP contribution is 2.20. The zero-order valence-corrected chi connectivity index (χ0v) is 16.2. The molecule has 0 atom stereocenters. The van der Waals surface area contributed by atoms with Gasteiger partial charge in [0.15, 0.2) is 0 Å². The maximum absolute atomic E-state index is 12.1. The molecule has 3 rings (SSSR count). The molecular weight excluding hydrogens is 395 g/mol. The van der Waals surface area contributed by atoms with Crippen molar-refractivity contribution in [3.8, 4) is 0 Å². The largest absolute Gasteiger partial charge is 0.296 e. The van der Waals surface area contributed by atoms with Crippen LogP contribution in [0.15, 0.2) is 34.2 Å². The molecule has 26 heavy (non-hydrogen) atoms. The molecule has 0 saturated carbocycles. The standard InChI is InChI=1S/C16H14Cl2N6OS/c1-9-13(7-19-24-15(25)10(2)20-21-16(24)26)14(18)23(22-9)8-11-3-5-12(17)6-4-11/h3-7H,8H2,1-2H3,(H,21,26). The molecule has 0 aliphatic rings. The molecule has 10 heteroatoms. The van der Waals surface area contributed by atoms with Crippen molar-refractivity contribution in [1.29, 1.82) is 0 Å². The second-order valence-electron chi connectivity index (χ2n) is 5.55. The summed E-state index contributed by atoms with van der Waals surface area (Å²) in [6, 6.07) is 7.43. The first-order valence-electron chi connectivity index (χ1n) is 7.57. The Labute approximate surface area is 163 Å². The monoisotopic (exact) mass is 408 g/mol. The van der Waals surface area contributed by atoms with E-state index in [2.05, 4.69) is 20.4 Å². The second-order valence-corrected chi connectivity index (χ2v) is 6.73. The van der Waals surface area contributed by atoms with Gasteiger partial charge in [-0.1, -0.05) is 35.3 Å². The minimum atomic E-state index is -0.396. The van der Waals surface area contributed by atoms with Crippen LogP contribution >= 0.6 is 35.4 Å². The van der Waals surface area contributed by atoms with Gasteiger partial charge in [0, 0.05) is 5.02 Å².